The molecule has 10 aromatic rings. The molecule has 10 rings (SSSR count). The Morgan fingerprint density at radius 2 is 0.782 bits per heavy atom. The lowest BCUT2D eigenvalue weighted by Gasteiger charge is -2.14. The van der Waals surface area contributed by atoms with Gasteiger partial charge in [0.15, 0.2) is 23.3 Å². The molecule has 0 unspecified atom stereocenters. The van der Waals surface area contributed by atoms with Crippen molar-refractivity contribution in [3.8, 4) is 79.2 Å². The number of hydrogen-bond donors (Lipinski definition) is 0. The predicted octanol–water partition coefficient (Wildman–Crippen LogP) is 12.2. The summed E-state index contributed by atoms with van der Waals surface area (Å²) in [6.45, 7) is 0. The van der Waals surface area contributed by atoms with Crippen LogP contribution in [-0.2, 0) is 0 Å². The normalized spacial score (nSPS) is 11.3. The van der Waals surface area contributed by atoms with Gasteiger partial charge in [-0.3, -0.25) is 0 Å². The molecule has 6 nitrogen and oxygen atoms in total. The summed E-state index contributed by atoms with van der Waals surface area (Å²) in [5, 5.41) is 2.02. The molecule has 3 aromatic heterocycles. The maximum Gasteiger partial charge on any atom is 0.168 e. The zero-order valence-corrected chi connectivity index (χ0v) is 29.5. The number of aromatic nitrogens is 5. The molecule has 0 radical (unpaired) electrons. The van der Waals surface area contributed by atoms with Crippen molar-refractivity contribution in [1.82, 2.24) is 24.9 Å². The van der Waals surface area contributed by atoms with Crippen LogP contribution < -0.4 is 0 Å². The highest BCUT2D eigenvalue weighted by Gasteiger charge is 2.22. The zero-order valence-electron chi connectivity index (χ0n) is 29.5. The topological polar surface area (TPSA) is 77.6 Å². The summed E-state index contributed by atoms with van der Waals surface area (Å²) in [6.07, 6.45) is 0. The van der Waals surface area contributed by atoms with Gasteiger partial charge >= 0.3 is 0 Å². The molecule has 0 aliphatic rings. The standard InChI is InChI=1S/C49H31N5O/c1-5-16-32(17-6-1)41-31-42(51-46(50-41)33-18-7-2-8-19-33)37-25-15-24-36(30-37)38-28-29-40-39-26-13-14-27-43(39)55-45(40)44(38)49-53-47(34-20-9-3-10-21-34)52-48(54-49)35-22-11-4-12-23-35/h1-31H. The van der Waals surface area contributed by atoms with Crippen molar-refractivity contribution >= 4 is 21.9 Å². The van der Waals surface area contributed by atoms with Crippen molar-refractivity contribution in [1.29, 1.82) is 0 Å². The molecule has 0 aliphatic carbocycles. The molecule has 3 heterocycles. The van der Waals surface area contributed by atoms with Gasteiger partial charge in [-0.25, -0.2) is 24.9 Å². The quantitative estimate of drug-likeness (QED) is 0.164. The molecule has 258 valence electrons. The highest BCUT2D eigenvalue weighted by molar-refractivity contribution is 6.12. The van der Waals surface area contributed by atoms with Gasteiger partial charge in [0, 0.05) is 38.6 Å². The molecule has 0 atom stereocenters. The first-order valence-corrected chi connectivity index (χ1v) is 18.2. The first-order valence-electron chi connectivity index (χ1n) is 18.2. The summed E-state index contributed by atoms with van der Waals surface area (Å²) in [7, 11) is 0. The van der Waals surface area contributed by atoms with E-state index in [1.165, 1.54) is 0 Å². The molecule has 0 saturated heterocycles. The summed E-state index contributed by atoms with van der Waals surface area (Å²) in [6, 6.07) is 63.3. The van der Waals surface area contributed by atoms with Crippen molar-refractivity contribution in [2.75, 3.05) is 0 Å². The molecule has 55 heavy (non-hydrogen) atoms. The number of benzene rings is 7. The summed E-state index contributed by atoms with van der Waals surface area (Å²) >= 11 is 0. The predicted molar refractivity (Wildman–Crippen MR) is 221 cm³/mol. The van der Waals surface area contributed by atoms with Crippen molar-refractivity contribution in [3.63, 3.8) is 0 Å². The molecular weight excluding hydrogens is 675 g/mol. The third-order valence-electron chi connectivity index (χ3n) is 9.77. The van der Waals surface area contributed by atoms with Crippen molar-refractivity contribution in [3.05, 3.63) is 188 Å². The fraction of sp³-hybridized carbons (Fsp3) is 0. The third kappa shape index (κ3) is 6.11. The summed E-state index contributed by atoms with van der Waals surface area (Å²) < 4.78 is 6.71. The van der Waals surface area contributed by atoms with Crippen LogP contribution in [0.15, 0.2) is 192 Å². The number of rotatable bonds is 7. The maximum atomic E-state index is 6.71. The summed E-state index contributed by atoms with van der Waals surface area (Å²) in [5.74, 6) is 2.36. The van der Waals surface area contributed by atoms with Gasteiger partial charge in [-0.1, -0.05) is 164 Å². The van der Waals surface area contributed by atoms with E-state index in [2.05, 4.69) is 60.7 Å². The Labute approximate surface area is 317 Å². The lowest BCUT2D eigenvalue weighted by molar-refractivity contribution is 0.669. The van der Waals surface area contributed by atoms with Gasteiger partial charge < -0.3 is 4.42 Å². The van der Waals surface area contributed by atoms with Crippen molar-refractivity contribution in [2.24, 2.45) is 0 Å². The lowest BCUT2D eigenvalue weighted by Crippen LogP contribution is -2.01. The minimum Gasteiger partial charge on any atom is -0.455 e. The van der Waals surface area contributed by atoms with Gasteiger partial charge in [0.2, 0.25) is 0 Å². The van der Waals surface area contributed by atoms with Crippen LogP contribution in [0.25, 0.3) is 101 Å². The Morgan fingerprint density at radius 1 is 0.309 bits per heavy atom. The molecule has 6 heteroatoms. The van der Waals surface area contributed by atoms with Crippen LogP contribution in [0.2, 0.25) is 0 Å². The van der Waals surface area contributed by atoms with E-state index in [0.717, 1.165) is 72.3 Å². The average molecular weight is 706 g/mol. The number of furan rings is 1. The number of para-hydroxylation sites is 1. The van der Waals surface area contributed by atoms with Crippen LogP contribution in [-0.4, -0.2) is 24.9 Å². The first-order chi connectivity index (χ1) is 27.2. The second-order valence-electron chi connectivity index (χ2n) is 13.3. The molecule has 0 spiro atoms. The Bertz CT molecular complexity index is 2850. The smallest absolute Gasteiger partial charge is 0.168 e. The second kappa shape index (κ2) is 13.8. The molecular formula is C49H31N5O. The van der Waals surface area contributed by atoms with Crippen LogP contribution in [0, 0.1) is 0 Å². The fourth-order valence-electron chi connectivity index (χ4n) is 7.09. The largest absolute Gasteiger partial charge is 0.455 e. The highest BCUT2D eigenvalue weighted by Crippen LogP contribution is 2.42. The van der Waals surface area contributed by atoms with Crippen LogP contribution in [0.3, 0.4) is 0 Å². The zero-order chi connectivity index (χ0) is 36.6. The van der Waals surface area contributed by atoms with E-state index in [9.17, 15) is 0 Å². The van der Waals surface area contributed by atoms with E-state index >= 15 is 0 Å². The number of fused-ring (bicyclic) bond motifs is 3. The van der Waals surface area contributed by atoms with E-state index < -0.39 is 0 Å². The van der Waals surface area contributed by atoms with Gasteiger partial charge in [-0.05, 0) is 35.4 Å². The van der Waals surface area contributed by atoms with E-state index in [1.807, 2.05) is 127 Å². The lowest BCUT2D eigenvalue weighted by atomic mass is 9.94. The van der Waals surface area contributed by atoms with E-state index in [-0.39, 0.29) is 0 Å². The van der Waals surface area contributed by atoms with Gasteiger partial charge in [0.05, 0.1) is 17.0 Å². The Hall–Kier alpha value is -7.57. The van der Waals surface area contributed by atoms with Crippen LogP contribution in [0.5, 0.6) is 0 Å². The van der Waals surface area contributed by atoms with Crippen LogP contribution in [0.1, 0.15) is 0 Å². The molecule has 0 saturated carbocycles. The van der Waals surface area contributed by atoms with E-state index in [1.54, 1.807) is 0 Å². The first kappa shape index (κ1) is 32.1. The van der Waals surface area contributed by atoms with Crippen LogP contribution in [0.4, 0.5) is 0 Å². The molecule has 0 aliphatic heterocycles. The molecule has 0 fully saturated rings. The monoisotopic (exact) mass is 705 g/mol. The number of hydrogen-bond acceptors (Lipinski definition) is 6. The second-order valence-corrected chi connectivity index (χ2v) is 13.3. The van der Waals surface area contributed by atoms with Gasteiger partial charge in [-0.15, -0.1) is 0 Å². The van der Waals surface area contributed by atoms with Crippen molar-refractivity contribution in [2.45, 2.75) is 0 Å². The highest BCUT2D eigenvalue weighted by atomic mass is 16.3. The summed E-state index contributed by atoms with van der Waals surface area (Å²) in [5.41, 5.74) is 10.6. The number of nitrogens with zero attached hydrogens (tertiary/aromatic N) is 5. The maximum absolute atomic E-state index is 6.71. The Kier molecular flexibility index (Phi) is 8.04. The van der Waals surface area contributed by atoms with Crippen molar-refractivity contribution < 1.29 is 4.42 Å². The summed E-state index contributed by atoms with van der Waals surface area (Å²) in [4.78, 5) is 25.5. The van der Waals surface area contributed by atoms with Gasteiger partial charge in [0.25, 0.3) is 0 Å². The minimum absolute atomic E-state index is 0.525. The Morgan fingerprint density at radius 3 is 1.40 bits per heavy atom. The fourth-order valence-corrected chi connectivity index (χ4v) is 7.09. The minimum atomic E-state index is 0.525. The molecule has 0 bridgehead atoms. The van der Waals surface area contributed by atoms with Gasteiger partial charge in [-0.2, -0.15) is 0 Å². The molecule has 7 aromatic carbocycles. The molecule has 0 N–H and O–H groups in total. The average Bonchev–Trinajstić information content (AvgIpc) is 3.66. The SMILES string of the molecule is c1ccc(-c2cc(-c3cccc(-c4ccc5c(oc6ccccc65)c4-c4nc(-c5ccccc5)nc(-c5ccccc5)n4)c3)nc(-c3ccccc3)n2)cc1. The third-order valence-corrected chi connectivity index (χ3v) is 9.77. The van der Waals surface area contributed by atoms with Gasteiger partial charge in [0.1, 0.15) is 11.2 Å². The molecule has 0 amide bonds. The Balaban J connectivity index is 1.21. The van der Waals surface area contributed by atoms with Crippen LogP contribution >= 0.6 is 0 Å². The van der Waals surface area contributed by atoms with E-state index in [4.69, 9.17) is 29.3 Å². The van der Waals surface area contributed by atoms with E-state index in [0.29, 0.717) is 28.9 Å².